The Morgan fingerprint density at radius 2 is 1.81 bits per heavy atom. The van der Waals surface area contributed by atoms with Gasteiger partial charge in [-0.05, 0) is 23.8 Å². The Labute approximate surface area is 185 Å². The minimum Gasteiger partial charge on any atom is -0.268 e. The van der Waals surface area contributed by atoms with E-state index in [1.807, 2.05) is 0 Å². The van der Waals surface area contributed by atoms with Crippen molar-refractivity contribution in [2.24, 2.45) is 0 Å². The maximum atomic E-state index is 14.6. The minimum absolute atomic E-state index is 0.0262. The zero-order valence-corrected chi connectivity index (χ0v) is 18.0. The molecule has 0 unspecified atom stereocenters. The number of carbonyl (C=O) groups excluding carboxylic acids is 1. The highest BCUT2D eigenvalue weighted by Crippen LogP contribution is 2.33. The maximum absolute atomic E-state index is 14.6. The molecule has 0 aliphatic carbocycles. The number of halogens is 3. The first-order chi connectivity index (χ1) is 14.6. The second kappa shape index (κ2) is 7.88. The lowest BCUT2D eigenvalue weighted by molar-refractivity contribution is 0.0978. The second-order valence-corrected chi connectivity index (χ2v) is 9.06. The number of amides is 1. The Bertz CT molecular complexity index is 1440. The summed E-state index contributed by atoms with van der Waals surface area (Å²) in [5.41, 5.74) is 1.73. The lowest BCUT2D eigenvalue weighted by atomic mass is 10.1. The summed E-state index contributed by atoms with van der Waals surface area (Å²) in [6.45, 7) is 0. The van der Waals surface area contributed by atoms with Gasteiger partial charge in [0.15, 0.2) is 5.15 Å². The Hall–Kier alpha value is -3.08. The van der Waals surface area contributed by atoms with E-state index >= 15 is 0 Å². The number of sulfonamides is 1. The van der Waals surface area contributed by atoms with Gasteiger partial charge in [0.2, 0.25) is 10.0 Å². The molecule has 0 saturated heterocycles. The normalized spacial score (nSPS) is 11.6. The molecule has 0 fully saturated rings. The number of nitrogens with one attached hydrogen (secondary N) is 1. The van der Waals surface area contributed by atoms with Crippen LogP contribution in [0, 0.1) is 5.82 Å². The van der Waals surface area contributed by atoms with Gasteiger partial charge in [0.05, 0.1) is 28.0 Å². The molecule has 1 N–H and O–H groups in total. The molecule has 0 saturated carbocycles. The van der Waals surface area contributed by atoms with Gasteiger partial charge in [-0.2, -0.15) is 5.10 Å². The van der Waals surface area contributed by atoms with E-state index in [1.165, 1.54) is 11.0 Å². The van der Waals surface area contributed by atoms with E-state index < -0.39 is 27.3 Å². The van der Waals surface area contributed by atoms with Gasteiger partial charge >= 0.3 is 0 Å². The number of aromatic nitrogens is 4. The third kappa shape index (κ3) is 4.22. The zero-order valence-electron chi connectivity index (χ0n) is 15.7. The molecule has 0 atom stereocenters. The Morgan fingerprint density at radius 1 is 1.10 bits per heavy atom. The molecule has 4 aromatic rings. The third-order valence-electron chi connectivity index (χ3n) is 4.32. The molecule has 158 valence electrons. The van der Waals surface area contributed by atoms with Gasteiger partial charge in [-0.3, -0.25) is 4.79 Å². The molecule has 0 aliphatic heterocycles. The molecule has 0 bridgehead atoms. The average molecular weight is 480 g/mol. The number of benzene rings is 2. The van der Waals surface area contributed by atoms with Gasteiger partial charge in [-0.25, -0.2) is 32.2 Å². The number of fused-ring (bicyclic) bond motifs is 1. The van der Waals surface area contributed by atoms with E-state index in [1.54, 1.807) is 35.3 Å². The van der Waals surface area contributed by atoms with Crippen LogP contribution in [0.5, 0.6) is 0 Å². The first-order valence-corrected chi connectivity index (χ1v) is 11.2. The van der Waals surface area contributed by atoms with Crippen LogP contribution in [0.2, 0.25) is 10.2 Å². The van der Waals surface area contributed by atoms with Crippen molar-refractivity contribution >= 4 is 50.0 Å². The molecule has 2 aromatic carbocycles. The maximum Gasteiger partial charge on any atom is 0.267 e. The van der Waals surface area contributed by atoms with E-state index in [2.05, 4.69) is 15.1 Å². The second-order valence-electron chi connectivity index (χ2n) is 6.55. The molecule has 31 heavy (non-hydrogen) atoms. The first-order valence-electron chi connectivity index (χ1n) is 8.59. The predicted molar refractivity (Wildman–Crippen MR) is 114 cm³/mol. The van der Waals surface area contributed by atoms with Gasteiger partial charge in [-0.1, -0.05) is 29.3 Å². The molecule has 1 amide bonds. The molecule has 2 aromatic heterocycles. The predicted octanol–water partition coefficient (Wildman–Crippen LogP) is 3.62. The number of carbonyl (C=O) groups is 1. The van der Waals surface area contributed by atoms with Crippen molar-refractivity contribution in [2.75, 3.05) is 6.26 Å². The summed E-state index contributed by atoms with van der Waals surface area (Å²) in [5.74, 6) is -2.11. The third-order valence-corrected chi connectivity index (χ3v) is 5.45. The lowest BCUT2D eigenvalue weighted by Crippen LogP contribution is -2.30. The van der Waals surface area contributed by atoms with Crippen LogP contribution in [-0.2, 0) is 10.0 Å². The summed E-state index contributed by atoms with van der Waals surface area (Å²) in [5, 5.41) is 4.95. The molecular formula is C19H12Cl2FN5O3S. The molecule has 0 aliphatic rings. The monoisotopic (exact) mass is 479 g/mol. The van der Waals surface area contributed by atoms with Crippen LogP contribution in [0.15, 0.2) is 49.1 Å². The van der Waals surface area contributed by atoms with E-state index in [4.69, 9.17) is 23.2 Å². The van der Waals surface area contributed by atoms with E-state index in [0.717, 1.165) is 29.5 Å². The standard InChI is InChI=1S/C19H12Cl2FN5O3S/c1-31(29,30)26-19(28)12-5-14(20)17(6-15(12)22)27-16-3-2-10(4-13(16)18(21)25-27)11-7-23-9-24-8-11/h2-9H,1H3,(H,26,28). The highest BCUT2D eigenvalue weighted by Gasteiger charge is 2.21. The summed E-state index contributed by atoms with van der Waals surface area (Å²) in [6.07, 6.45) is 5.51. The van der Waals surface area contributed by atoms with Crippen molar-refractivity contribution in [3.05, 3.63) is 70.6 Å². The van der Waals surface area contributed by atoms with Crippen molar-refractivity contribution in [3.8, 4) is 16.8 Å². The van der Waals surface area contributed by atoms with Crippen molar-refractivity contribution in [1.29, 1.82) is 0 Å². The highest BCUT2D eigenvalue weighted by atomic mass is 35.5. The van der Waals surface area contributed by atoms with Crippen molar-refractivity contribution in [2.45, 2.75) is 0 Å². The quantitative estimate of drug-likeness (QED) is 0.478. The lowest BCUT2D eigenvalue weighted by Gasteiger charge is -2.10. The smallest absolute Gasteiger partial charge is 0.267 e. The number of nitrogens with zero attached hydrogens (tertiary/aromatic N) is 4. The molecule has 2 heterocycles. The largest absolute Gasteiger partial charge is 0.268 e. The summed E-state index contributed by atoms with van der Waals surface area (Å²) in [7, 11) is -3.87. The Morgan fingerprint density at radius 3 is 2.48 bits per heavy atom. The number of hydrogen-bond donors (Lipinski definition) is 1. The average Bonchev–Trinajstić information content (AvgIpc) is 3.04. The van der Waals surface area contributed by atoms with Crippen LogP contribution in [0.4, 0.5) is 4.39 Å². The van der Waals surface area contributed by atoms with Crippen LogP contribution in [0.3, 0.4) is 0 Å². The van der Waals surface area contributed by atoms with Crippen molar-refractivity contribution in [1.82, 2.24) is 24.5 Å². The van der Waals surface area contributed by atoms with Crippen LogP contribution >= 0.6 is 23.2 Å². The highest BCUT2D eigenvalue weighted by molar-refractivity contribution is 7.89. The summed E-state index contributed by atoms with van der Waals surface area (Å²) < 4.78 is 40.2. The molecule has 0 radical (unpaired) electrons. The fraction of sp³-hybridized carbons (Fsp3) is 0.0526. The van der Waals surface area contributed by atoms with Gasteiger partial charge in [0, 0.05) is 29.4 Å². The molecule has 8 nitrogen and oxygen atoms in total. The molecule has 0 spiro atoms. The van der Waals surface area contributed by atoms with Crippen LogP contribution in [-0.4, -0.2) is 40.3 Å². The first kappa shape index (κ1) is 21.2. The SMILES string of the molecule is CS(=O)(=O)NC(=O)c1cc(Cl)c(-n2nc(Cl)c3cc(-c4cncnc4)ccc32)cc1F. The topological polar surface area (TPSA) is 107 Å². The molecular weight excluding hydrogens is 468 g/mol. The van der Waals surface area contributed by atoms with Crippen LogP contribution < -0.4 is 4.72 Å². The summed E-state index contributed by atoms with van der Waals surface area (Å²) in [4.78, 5) is 20.0. The van der Waals surface area contributed by atoms with Crippen LogP contribution in [0.25, 0.3) is 27.7 Å². The van der Waals surface area contributed by atoms with Gasteiger partial charge in [0.1, 0.15) is 12.1 Å². The van der Waals surface area contributed by atoms with Gasteiger partial charge in [0.25, 0.3) is 5.91 Å². The molecule has 4 rings (SSSR count). The summed E-state index contributed by atoms with van der Waals surface area (Å²) >= 11 is 12.6. The molecule has 12 heteroatoms. The van der Waals surface area contributed by atoms with E-state index in [-0.39, 0.29) is 15.9 Å². The zero-order chi connectivity index (χ0) is 22.3. The summed E-state index contributed by atoms with van der Waals surface area (Å²) in [6, 6.07) is 7.34. The Balaban J connectivity index is 1.80. The van der Waals surface area contributed by atoms with Crippen LogP contribution in [0.1, 0.15) is 10.4 Å². The minimum atomic E-state index is -3.87. The van der Waals surface area contributed by atoms with Crippen molar-refractivity contribution < 1.29 is 17.6 Å². The fourth-order valence-corrected chi connectivity index (χ4v) is 3.91. The fourth-order valence-electron chi connectivity index (χ4n) is 2.99. The number of rotatable bonds is 4. The van der Waals surface area contributed by atoms with E-state index in [0.29, 0.717) is 10.9 Å². The van der Waals surface area contributed by atoms with E-state index in [9.17, 15) is 17.6 Å². The van der Waals surface area contributed by atoms with Gasteiger partial charge in [-0.15, -0.1) is 0 Å². The number of hydrogen-bond acceptors (Lipinski definition) is 6. The van der Waals surface area contributed by atoms with Crippen molar-refractivity contribution in [3.63, 3.8) is 0 Å². The van der Waals surface area contributed by atoms with Gasteiger partial charge < -0.3 is 0 Å². The Kier molecular flexibility index (Phi) is 5.38.